The molecular formula is C10H16N2. The van der Waals surface area contributed by atoms with Gasteiger partial charge in [0.25, 0.3) is 0 Å². The van der Waals surface area contributed by atoms with Gasteiger partial charge in [0, 0.05) is 25.5 Å². The lowest BCUT2D eigenvalue weighted by atomic mass is 10.3. The molecule has 0 aromatic carbocycles. The predicted octanol–water partition coefficient (Wildman–Crippen LogP) is 1.87. The molecule has 0 aliphatic carbocycles. The Balaban J connectivity index is 2.57. The number of aryl methyl sites for hydroxylation is 1. The normalized spacial score (nSPS) is 11.2. The lowest BCUT2D eigenvalue weighted by Gasteiger charge is -1.95. The molecule has 12 heavy (non-hydrogen) atoms. The molecule has 1 rings (SSSR count). The number of rotatable bonds is 4. The fourth-order valence-electron chi connectivity index (χ4n) is 1.16. The molecule has 1 aromatic heterocycles. The highest BCUT2D eigenvalue weighted by Crippen LogP contribution is 2.03. The fraction of sp³-hybridized carbons (Fsp3) is 0.400. The zero-order chi connectivity index (χ0) is 8.81. The van der Waals surface area contributed by atoms with Crippen LogP contribution in [0.15, 0.2) is 24.5 Å². The summed E-state index contributed by atoms with van der Waals surface area (Å²) < 4.78 is 2.19. The van der Waals surface area contributed by atoms with Gasteiger partial charge in [-0.05, 0) is 18.1 Å². The molecule has 66 valence electrons. The minimum atomic E-state index is 0.610. The van der Waals surface area contributed by atoms with Crippen LogP contribution in [0, 0.1) is 0 Å². The fourth-order valence-corrected chi connectivity index (χ4v) is 1.16. The number of hydrogen-bond acceptors (Lipinski definition) is 1. The predicted molar refractivity (Wildman–Crippen MR) is 52.8 cm³/mol. The van der Waals surface area contributed by atoms with Crippen molar-refractivity contribution >= 4 is 6.08 Å². The summed E-state index contributed by atoms with van der Waals surface area (Å²) in [5.74, 6) is 0. The third kappa shape index (κ3) is 2.55. The molecular weight excluding hydrogens is 148 g/mol. The molecule has 1 aromatic rings. The maximum Gasteiger partial charge on any atom is 0.0217 e. The van der Waals surface area contributed by atoms with Crippen LogP contribution in [-0.4, -0.2) is 11.1 Å². The van der Waals surface area contributed by atoms with Crippen molar-refractivity contribution in [1.82, 2.24) is 4.57 Å². The minimum absolute atomic E-state index is 0.610. The van der Waals surface area contributed by atoms with Crippen molar-refractivity contribution in [3.63, 3.8) is 0 Å². The van der Waals surface area contributed by atoms with E-state index in [0.717, 1.165) is 6.54 Å². The van der Waals surface area contributed by atoms with E-state index in [0.29, 0.717) is 6.54 Å². The molecule has 0 fully saturated rings. The third-order valence-corrected chi connectivity index (χ3v) is 1.70. The molecule has 0 amide bonds. The van der Waals surface area contributed by atoms with Crippen molar-refractivity contribution in [1.29, 1.82) is 0 Å². The SMILES string of the molecule is CCCn1ccc(C=CCN)c1. The van der Waals surface area contributed by atoms with E-state index in [2.05, 4.69) is 30.0 Å². The van der Waals surface area contributed by atoms with Gasteiger partial charge in [-0.15, -0.1) is 0 Å². The van der Waals surface area contributed by atoms with Crippen LogP contribution in [-0.2, 0) is 6.54 Å². The second-order valence-electron chi connectivity index (χ2n) is 2.82. The number of nitrogens with two attached hydrogens (primary N) is 1. The largest absolute Gasteiger partial charge is 0.354 e. The van der Waals surface area contributed by atoms with E-state index in [9.17, 15) is 0 Å². The van der Waals surface area contributed by atoms with Gasteiger partial charge in [-0.3, -0.25) is 0 Å². The van der Waals surface area contributed by atoms with E-state index < -0.39 is 0 Å². The smallest absolute Gasteiger partial charge is 0.0217 e. The van der Waals surface area contributed by atoms with Crippen LogP contribution in [0.1, 0.15) is 18.9 Å². The minimum Gasteiger partial charge on any atom is -0.354 e. The Bertz CT molecular complexity index is 248. The molecule has 0 atom stereocenters. The Morgan fingerprint density at radius 3 is 3.08 bits per heavy atom. The van der Waals surface area contributed by atoms with E-state index in [1.807, 2.05) is 12.2 Å². The molecule has 0 unspecified atom stereocenters. The zero-order valence-corrected chi connectivity index (χ0v) is 7.53. The zero-order valence-electron chi connectivity index (χ0n) is 7.53. The monoisotopic (exact) mass is 164 g/mol. The highest BCUT2D eigenvalue weighted by Gasteiger charge is 1.90. The molecule has 2 heteroatoms. The second-order valence-corrected chi connectivity index (χ2v) is 2.82. The molecule has 1 heterocycles. The Labute approximate surface area is 73.7 Å². The van der Waals surface area contributed by atoms with E-state index in [1.165, 1.54) is 12.0 Å². The summed E-state index contributed by atoms with van der Waals surface area (Å²) >= 11 is 0. The van der Waals surface area contributed by atoms with E-state index in [-0.39, 0.29) is 0 Å². The summed E-state index contributed by atoms with van der Waals surface area (Å²) in [7, 11) is 0. The van der Waals surface area contributed by atoms with Crippen molar-refractivity contribution in [2.75, 3.05) is 6.54 Å². The molecule has 0 aliphatic heterocycles. The van der Waals surface area contributed by atoms with Gasteiger partial charge in [-0.25, -0.2) is 0 Å². The highest BCUT2D eigenvalue weighted by molar-refractivity contribution is 5.48. The van der Waals surface area contributed by atoms with Crippen LogP contribution in [0.4, 0.5) is 0 Å². The maximum absolute atomic E-state index is 5.35. The first-order valence-electron chi connectivity index (χ1n) is 4.39. The summed E-state index contributed by atoms with van der Waals surface area (Å²) in [6.45, 7) is 3.88. The number of hydrogen-bond donors (Lipinski definition) is 1. The van der Waals surface area contributed by atoms with E-state index in [1.54, 1.807) is 0 Å². The summed E-state index contributed by atoms with van der Waals surface area (Å²) in [6, 6.07) is 2.10. The van der Waals surface area contributed by atoms with Gasteiger partial charge in [0.05, 0.1) is 0 Å². The molecule has 0 saturated heterocycles. The van der Waals surface area contributed by atoms with Gasteiger partial charge in [-0.2, -0.15) is 0 Å². The molecule has 2 nitrogen and oxygen atoms in total. The van der Waals surface area contributed by atoms with Gasteiger partial charge in [0.2, 0.25) is 0 Å². The van der Waals surface area contributed by atoms with Crippen LogP contribution in [0.2, 0.25) is 0 Å². The van der Waals surface area contributed by atoms with Gasteiger partial charge < -0.3 is 10.3 Å². The van der Waals surface area contributed by atoms with Crippen LogP contribution in [0.25, 0.3) is 6.08 Å². The van der Waals surface area contributed by atoms with Crippen LogP contribution in [0.5, 0.6) is 0 Å². The summed E-state index contributed by atoms with van der Waals surface area (Å²) in [6.07, 6.45) is 9.42. The average Bonchev–Trinajstić information content (AvgIpc) is 2.50. The maximum atomic E-state index is 5.35. The summed E-state index contributed by atoms with van der Waals surface area (Å²) in [5, 5.41) is 0. The van der Waals surface area contributed by atoms with Crippen LogP contribution < -0.4 is 5.73 Å². The van der Waals surface area contributed by atoms with Gasteiger partial charge in [0.1, 0.15) is 0 Å². The topological polar surface area (TPSA) is 30.9 Å². The standard InChI is InChI=1S/C10H16N2/c1-2-7-12-8-5-10(9-12)4-3-6-11/h3-5,8-9H,2,6-7,11H2,1H3. The molecule has 0 radical (unpaired) electrons. The first-order chi connectivity index (χ1) is 5.86. The third-order valence-electron chi connectivity index (χ3n) is 1.70. The molecule has 0 aliphatic rings. The molecule has 0 bridgehead atoms. The number of aromatic nitrogens is 1. The first-order valence-corrected chi connectivity index (χ1v) is 4.39. The van der Waals surface area contributed by atoms with Crippen molar-refractivity contribution < 1.29 is 0 Å². The van der Waals surface area contributed by atoms with Gasteiger partial charge in [-0.1, -0.05) is 19.1 Å². The van der Waals surface area contributed by atoms with Crippen LogP contribution >= 0.6 is 0 Å². The summed E-state index contributed by atoms with van der Waals surface area (Å²) in [4.78, 5) is 0. The van der Waals surface area contributed by atoms with Crippen molar-refractivity contribution in [2.45, 2.75) is 19.9 Å². The van der Waals surface area contributed by atoms with E-state index in [4.69, 9.17) is 5.73 Å². The number of nitrogens with zero attached hydrogens (tertiary/aromatic N) is 1. The van der Waals surface area contributed by atoms with Gasteiger partial charge >= 0.3 is 0 Å². The van der Waals surface area contributed by atoms with Crippen molar-refractivity contribution in [2.24, 2.45) is 5.73 Å². The highest BCUT2D eigenvalue weighted by atomic mass is 14.9. The Morgan fingerprint density at radius 2 is 2.42 bits per heavy atom. The van der Waals surface area contributed by atoms with Crippen molar-refractivity contribution in [3.8, 4) is 0 Å². The summed E-state index contributed by atoms with van der Waals surface area (Å²) in [5.41, 5.74) is 6.58. The second kappa shape index (κ2) is 4.78. The lowest BCUT2D eigenvalue weighted by Crippen LogP contribution is -1.92. The molecule has 0 spiro atoms. The average molecular weight is 164 g/mol. The first kappa shape index (κ1) is 9.07. The Kier molecular flexibility index (Phi) is 3.61. The van der Waals surface area contributed by atoms with Crippen molar-refractivity contribution in [3.05, 3.63) is 30.1 Å². The lowest BCUT2D eigenvalue weighted by molar-refractivity contribution is 0.683. The molecule has 0 saturated carbocycles. The van der Waals surface area contributed by atoms with E-state index >= 15 is 0 Å². The van der Waals surface area contributed by atoms with Crippen LogP contribution in [0.3, 0.4) is 0 Å². The Hall–Kier alpha value is -1.02. The van der Waals surface area contributed by atoms with Gasteiger partial charge in [0.15, 0.2) is 0 Å². The quantitative estimate of drug-likeness (QED) is 0.723. The molecule has 2 N–H and O–H groups in total. The Morgan fingerprint density at radius 1 is 1.58 bits per heavy atom.